The van der Waals surface area contributed by atoms with E-state index in [0.717, 1.165) is 44.8 Å². The fourth-order valence-corrected chi connectivity index (χ4v) is 3.79. The summed E-state index contributed by atoms with van der Waals surface area (Å²) in [5.74, 6) is 0.444. The number of nitrogens with one attached hydrogen (secondary N) is 1. The molecule has 0 spiro atoms. The lowest BCUT2D eigenvalue weighted by molar-refractivity contribution is 0.00190. The highest BCUT2D eigenvalue weighted by molar-refractivity contribution is 5.92. The zero-order chi connectivity index (χ0) is 19.1. The Morgan fingerprint density at radius 1 is 1.15 bits per heavy atom. The van der Waals surface area contributed by atoms with Crippen molar-refractivity contribution in [3.05, 3.63) is 48.3 Å². The Bertz CT molecular complexity index is 706. The first-order valence-corrected chi connectivity index (χ1v) is 9.94. The molecule has 1 N–H and O–H groups in total. The monoisotopic (exact) mass is 370 g/mol. The van der Waals surface area contributed by atoms with Crippen LogP contribution in [0.1, 0.15) is 37.2 Å². The molecule has 27 heavy (non-hydrogen) atoms. The van der Waals surface area contributed by atoms with Crippen LogP contribution in [-0.2, 0) is 4.74 Å². The Kier molecular flexibility index (Phi) is 7.01. The lowest BCUT2D eigenvalue weighted by atomic mass is 9.92. The van der Waals surface area contributed by atoms with Gasteiger partial charge in [-0.15, -0.1) is 0 Å². The lowest BCUT2D eigenvalue weighted by Crippen LogP contribution is -2.52. The second kappa shape index (κ2) is 9.67. The number of benzene rings is 1. The number of amides is 1. The number of para-hydroxylation sites is 1. The van der Waals surface area contributed by atoms with Crippen molar-refractivity contribution in [2.45, 2.75) is 32.7 Å². The quantitative estimate of drug-likeness (QED) is 0.776. The van der Waals surface area contributed by atoms with E-state index in [1.807, 2.05) is 36.5 Å². The molecule has 0 radical (unpaired) electrons. The Morgan fingerprint density at radius 3 is 2.52 bits per heavy atom. The van der Waals surface area contributed by atoms with Crippen molar-refractivity contribution >= 4 is 5.91 Å². The van der Waals surface area contributed by atoms with Gasteiger partial charge in [-0.1, -0.05) is 44.9 Å². The van der Waals surface area contributed by atoms with Crippen molar-refractivity contribution in [1.29, 1.82) is 0 Å². The largest absolute Gasteiger partial charge is 0.379 e. The predicted molar refractivity (Wildman–Crippen MR) is 106 cm³/mol. The molecule has 1 amide bonds. The normalized spacial score (nSPS) is 16.4. The van der Waals surface area contributed by atoms with Gasteiger partial charge >= 0.3 is 0 Å². The van der Waals surface area contributed by atoms with Crippen LogP contribution in [0.5, 0.6) is 0 Å². The van der Waals surface area contributed by atoms with Crippen LogP contribution < -0.4 is 5.32 Å². The maximum atomic E-state index is 12.6. The van der Waals surface area contributed by atoms with Gasteiger partial charge in [0, 0.05) is 31.9 Å². The van der Waals surface area contributed by atoms with E-state index in [0.29, 0.717) is 24.2 Å². The molecule has 0 bridgehead atoms. The number of hydrogen-bond acceptors (Lipinski definition) is 4. The number of aromatic nitrogens is 2. The minimum absolute atomic E-state index is 0.117. The molecule has 6 heteroatoms. The van der Waals surface area contributed by atoms with Crippen LogP contribution in [0.3, 0.4) is 0 Å². The fraction of sp³-hybridized carbons (Fsp3) is 0.524. The molecule has 0 saturated carbocycles. The van der Waals surface area contributed by atoms with E-state index < -0.39 is 0 Å². The van der Waals surface area contributed by atoms with E-state index in [2.05, 4.69) is 29.2 Å². The highest BCUT2D eigenvalue weighted by atomic mass is 16.5. The molecule has 3 rings (SSSR count). The Hall–Kier alpha value is -2.18. The van der Waals surface area contributed by atoms with E-state index in [1.54, 1.807) is 10.7 Å². The first-order chi connectivity index (χ1) is 13.2. The van der Waals surface area contributed by atoms with E-state index >= 15 is 0 Å². The Morgan fingerprint density at radius 2 is 1.85 bits per heavy atom. The zero-order valence-electron chi connectivity index (χ0n) is 16.3. The number of nitrogens with zero attached hydrogens (tertiary/aromatic N) is 3. The SMILES string of the molecule is CCC(CC)C(CNC(=O)c1ccn(-c2ccccc2)n1)N1CCOCC1. The average molecular weight is 370 g/mol. The molecule has 1 aromatic heterocycles. The van der Waals surface area contributed by atoms with Gasteiger partial charge in [0.1, 0.15) is 0 Å². The first-order valence-electron chi connectivity index (χ1n) is 9.94. The van der Waals surface area contributed by atoms with Crippen LogP contribution in [0.15, 0.2) is 42.6 Å². The lowest BCUT2D eigenvalue weighted by Gasteiger charge is -2.38. The maximum Gasteiger partial charge on any atom is 0.271 e. The number of carbonyl (C=O) groups excluding carboxylic acids is 1. The standard InChI is InChI=1S/C21H30N4O2/c1-3-17(4-2)20(24-12-14-27-15-13-24)16-22-21(26)19-10-11-25(23-19)18-8-6-5-7-9-18/h5-11,17,20H,3-4,12-16H2,1-2H3,(H,22,26). The van der Waals surface area contributed by atoms with Crippen LogP contribution in [0.25, 0.3) is 5.69 Å². The van der Waals surface area contributed by atoms with Crippen molar-refractivity contribution < 1.29 is 9.53 Å². The van der Waals surface area contributed by atoms with Gasteiger partial charge in [-0.25, -0.2) is 4.68 Å². The predicted octanol–water partition coefficient (Wildman–Crippen LogP) is 2.74. The van der Waals surface area contributed by atoms with E-state index in [4.69, 9.17) is 4.74 Å². The highest BCUT2D eigenvalue weighted by Gasteiger charge is 2.27. The molecular formula is C21H30N4O2. The maximum absolute atomic E-state index is 12.6. The number of rotatable bonds is 8. The smallest absolute Gasteiger partial charge is 0.271 e. The van der Waals surface area contributed by atoms with Gasteiger partial charge in [0.2, 0.25) is 0 Å². The molecule has 6 nitrogen and oxygen atoms in total. The van der Waals surface area contributed by atoms with Gasteiger partial charge in [0.15, 0.2) is 5.69 Å². The Labute approximate surface area is 161 Å². The zero-order valence-corrected chi connectivity index (χ0v) is 16.3. The van der Waals surface area contributed by atoms with Gasteiger partial charge in [-0.3, -0.25) is 9.69 Å². The van der Waals surface area contributed by atoms with Crippen LogP contribution in [0, 0.1) is 5.92 Å². The second-order valence-corrected chi connectivity index (χ2v) is 6.98. The van der Waals surface area contributed by atoms with Gasteiger partial charge in [-0.05, 0) is 24.1 Å². The van der Waals surface area contributed by atoms with Crippen LogP contribution in [0.2, 0.25) is 0 Å². The molecule has 0 aliphatic carbocycles. The summed E-state index contributed by atoms with van der Waals surface area (Å²) in [6.45, 7) is 8.50. The van der Waals surface area contributed by atoms with Gasteiger partial charge in [0.05, 0.1) is 18.9 Å². The third-order valence-corrected chi connectivity index (χ3v) is 5.42. The number of ether oxygens (including phenoxy) is 1. The van der Waals surface area contributed by atoms with E-state index in [9.17, 15) is 4.79 Å². The third kappa shape index (κ3) is 4.96. The summed E-state index contributed by atoms with van der Waals surface area (Å²) in [5.41, 5.74) is 1.39. The van der Waals surface area contributed by atoms with Gasteiger partial charge < -0.3 is 10.1 Å². The molecule has 1 unspecified atom stereocenters. The van der Waals surface area contributed by atoms with Gasteiger partial charge in [0.25, 0.3) is 5.91 Å². The summed E-state index contributed by atoms with van der Waals surface area (Å²) >= 11 is 0. The molecule has 146 valence electrons. The summed E-state index contributed by atoms with van der Waals surface area (Å²) in [4.78, 5) is 15.1. The number of morpholine rings is 1. The van der Waals surface area contributed by atoms with Gasteiger partial charge in [-0.2, -0.15) is 5.10 Å². The first kappa shape index (κ1) is 19.6. The molecule has 1 atom stereocenters. The minimum Gasteiger partial charge on any atom is -0.379 e. The Balaban J connectivity index is 1.64. The summed E-state index contributed by atoms with van der Waals surface area (Å²) in [5, 5.41) is 7.54. The summed E-state index contributed by atoms with van der Waals surface area (Å²) in [6.07, 6.45) is 4.04. The van der Waals surface area contributed by atoms with E-state index in [1.165, 1.54) is 0 Å². The molecule has 1 fully saturated rings. The van der Waals surface area contributed by atoms with E-state index in [-0.39, 0.29) is 5.91 Å². The highest BCUT2D eigenvalue weighted by Crippen LogP contribution is 2.19. The summed E-state index contributed by atoms with van der Waals surface area (Å²) in [7, 11) is 0. The van der Waals surface area contributed by atoms with Crippen LogP contribution in [-0.4, -0.2) is 59.5 Å². The van der Waals surface area contributed by atoms with Crippen molar-refractivity contribution in [3.8, 4) is 5.69 Å². The fourth-order valence-electron chi connectivity index (χ4n) is 3.79. The van der Waals surface area contributed by atoms with Crippen molar-refractivity contribution in [1.82, 2.24) is 20.0 Å². The number of hydrogen-bond donors (Lipinski definition) is 1. The molecule has 1 aliphatic rings. The van der Waals surface area contributed by atoms with Crippen LogP contribution in [0.4, 0.5) is 0 Å². The molecule has 2 heterocycles. The topological polar surface area (TPSA) is 59.4 Å². The molecule has 1 aromatic carbocycles. The van der Waals surface area contributed by atoms with Crippen molar-refractivity contribution in [2.24, 2.45) is 5.92 Å². The third-order valence-electron chi connectivity index (χ3n) is 5.42. The molecule has 1 aliphatic heterocycles. The van der Waals surface area contributed by atoms with Crippen molar-refractivity contribution in [2.75, 3.05) is 32.8 Å². The van der Waals surface area contributed by atoms with Crippen LogP contribution >= 0.6 is 0 Å². The summed E-state index contributed by atoms with van der Waals surface area (Å²) in [6, 6.07) is 11.9. The average Bonchev–Trinajstić information content (AvgIpc) is 3.22. The molecule has 2 aromatic rings. The van der Waals surface area contributed by atoms with Crippen molar-refractivity contribution in [3.63, 3.8) is 0 Å². The second-order valence-electron chi connectivity index (χ2n) is 6.98. The minimum atomic E-state index is -0.117. The molecule has 1 saturated heterocycles. The number of carbonyl (C=O) groups is 1. The molecular weight excluding hydrogens is 340 g/mol. The summed E-state index contributed by atoms with van der Waals surface area (Å²) < 4.78 is 7.23.